The standard InChI is InChI=1S/C39H26N2O/c1-2-13-30-29(12-1)33-16-6-15-32-28(20-21-34(30)38(32)33)25-9-5-10-26(23-25)41(27-11-8-22-40-24-27)36-18-7-17-35-31-14-3-4-19-37(31)42-39(35)36/h1-24,35,39H. The van der Waals surface area contributed by atoms with Crippen LogP contribution in [0.1, 0.15) is 11.5 Å². The normalized spacial score (nSPS) is 17.3. The molecule has 0 saturated carbocycles. The van der Waals surface area contributed by atoms with Crippen LogP contribution in [0.4, 0.5) is 11.4 Å². The topological polar surface area (TPSA) is 25.4 Å². The van der Waals surface area contributed by atoms with E-state index in [0.29, 0.717) is 0 Å². The Morgan fingerprint density at radius 1 is 0.643 bits per heavy atom. The van der Waals surface area contributed by atoms with Gasteiger partial charge in [0.2, 0.25) is 0 Å². The van der Waals surface area contributed by atoms with E-state index < -0.39 is 0 Å². The molecule has 42 heavy (non-hydrogen) atoms. The summed E-state index contributed by atoms with van der Waals surface area (Å²) in [5, 5.41) is 2.62. The Morgan fingerprint density at radius 2 is 1.40 bits per heavy atom. The third-order valence-corrected chi connectivity index (χ3v) is 8.86. The molecule has 2 unspecified atom stereocenters. The summed E-state index contributed by atoms with van der Waals surface area (Å²) in [5.41, 5.74) is 12.1. The van der Waals surface area contributed by atoms with Crippen molar-refractivity contribution in [3.8, 4) is 39.1 Å². The average Bonchev–Trinajstić information content (AvgIpc) is 3.60. The molecule has 2 heterocycles. The number of hydrogen-bond donors (Lipinski definition) is 0. The van der Waals surface area contributed by atoms with Gasteiger partial charge in [0, 0.05) is 23.4 Å². The molecule has 2 aliphatic carbocycles. The Balaban J connectivity index is 1.19. The molecule has 3 aliphatic rings. The van der Waals surface area contributed by atoms with E-state index in [-0.39, 0.29) is 12.0 Å². The van der Waals surface area contributed by atoms with E-state index in [2.05, 4.69) is 131 Å². The average molecular weight is 539 g/mol. The number of hydrogen-bond acceptors (Lipinski definition) is 3. The van der Waals surface area contributed by atoms with Gasteiger partial charge in [0.25, 0.3) is 0 Å². The number of pyridine rings is 1. The molecule has 0 N–H and O–H groups in total. The second-order valence-electron chi connectivity index (χ2n) is 11.1. The van der Waals surface area contributed by atoms with E-state index in [1.54, 1.807) is 0 Å². The summed E-state index contributed by atoms with van der Waals surface area (Å²) in [6, 6.07) is 41.4. The van der Waals surface area contributed by atoms with Crippen LogP contribution in [0.2, 0.25) is 0 Å². The highest BCUT2D eigenvalue weighted by molar-refractivity contribution is 6.18. The van der Waals surface area contributed by atoms with Crippen molar-refractivity contribution in [3.05, 3.63) is 157 Å². The summed E-state index contributed by atoms with van der Waals surface area (Å²) in [4.78, 5) is 6.80. The second kappa shape index (κ2) is 9.05. The van der Waals surface area contributed by atoms with Gasteiger partial charge >= 0.3 is 0 Å². The van der Waals surface area contributed by atoms with Gasteiger partial charge in [0.05, 0.1) is 17.6 Å². The quantitative estimate of drug-likeness (QED) is 0.223. The first-order chi connectivity index (χ1) is 20.8. The molecule has 0 saturated heterocycles. The maximum absolute atomic E-state index is 6.60. The number of ether oxygens (including phenoxy) is 1. The number of nitrogens with zero attached hydrogens (tertiary/aromatic N) is 2. The molecular weight excluding hydrogens is 512 g/mol. The van der Waals surface area contributed by atoms with Crippen LogP contribution in [0.15, 0.2) is 152 Å². The van der Waals surface area contributed by atoms with E-state index in [1.807, 2.05) is 24.5 Å². The Morgan fingerprint density at radius 3 is 2.29 bits per heavy atom. The lowest BCUT2D eigenvalue weighted by Crippen LogP contribution is -2.32. The number of allylic oxidation sites excluding steroid dienone is 2. The molecule has 3 heteroatoms. The fourth-order valence-corrected chi connectivity index (χ4v) is 7.06. The number of rotatable bonds is 4. The molecule has 0 radical (unpaired) electrons. The fourth-order valence-electron chi connectivity index (χ4n) is 7.06. The highest BCUT2D eigenvalue weighted by Gasteiger charge is 2.39. The second-order valence-corrected chi connectivity index (χ2v) is 11.1. The molecule has 2 atom stereocenters. The van der Waals surface area contributed by atoms with E-state index in [4.69, 9.17) is 4.74 Å². The molecule has 9 rings (SSSR count). The van der Waals surface area contributed by atoms with Crippen molar-refractivity contribution in [1.82, 2.24) is 4.98 Å². The highest BCUT2D eigenvalue weighted by atomic mass is 16.5. The molecule has 1 aromatic heterocycles. The van der Waals surface area contributed by atoms with Gasteiger partial charge in [0.15, 0.2) is 0 Å². The maximum Gasteiger partial charge on any atom is 0.149 e. The zero-order valence-corrected chi connectivity index (χ0v) is 22.8. The molecule has 1 aliphatic heterocycles. The van der Waals surface area contributed by atoms with Gasteiger partial charge in [-0.2, -0.15) is 0 Å². The Bertz CT molecular complexity index is 2060. The van der Waals surface area contributed by atoms with Gasteiger partial charge in [-0.05, 0) is 80.6 Å². The van der Waals surface area contributed by atoms with Crippen molar-refractivity contribution in [1.29, 1.82) is 0 Å². The summed E-state index contributed by atoms with van der Waals surface area (Å²) >= 11 is 0. The number of aromatic nitrogens is 1. The van der Waals surface area contributed by atoms with E-state index in [1.165, 1.54) is 49.7 Å². The largest absolute Gasteiger partial charge is 0.483 e. The fraction of sp³-hybridized carbons (Fsp3) is 0.0513. The Kier molecular flexibility index (Phi) is 5.02. The lowest BCUT2D eigenvalue weighted by molar-refractivity contribution is 0.253. The molecule has 5 aromatic carbocycles. The summed E-state index contributed by atoms with van der Waals surface area (Å²) in [7, 11) is 0. The van der Waals surface area contributed by atoms with Gasteiger partial charge in [-0.25, -0.2) is 0 Å². The van der Waals surface area contributed by atoms with Crippen LogP contribution in [0, 0.1) is 0 Å². The number of fused-ring (bicyclic) bond motifs is 6. The lowest BCUT2D eigenvalue weighted by Gasteiger charge is -2.33. The van der Waals surface area contributed by atoms with Crippen LogP contribution in [0.3, 0.4) is 0 Å². The molecule has 0 spiro atoms. The van der Waals surface area contributed by atoms with Crippen LogP contribution in [0.25, 0.3) is 44.2 Å². The first-order valence-electron chi connectivity index (χ1n) is 14.5. The molecule has 198 valence electrons. The Hall–Kier alpha value is -5.41. The van der Waals surface area contributed by atoms with Crippen LogP contribution < -0.4 is 9.64 Å². The molecule has 0 bridgehead atoms. The first kappa shape index (κ1) is 23.3. The summed E-state index contributed by atoms with van der Waals surface area (Å²) in [6.07, 6.45) is 10.2. The minimum Gasteiger partial charge on any atom is -0.483 e. The summed E-state index contributed by atoms with van der Waals surface area (Å²) in [6.45, 7) is 0. The van der Waals surface area contributed by atoms with Crippen molar-refractivity contribution in [3.63, 3.8) is 0 Å². The third kappa shape index (κ3) is 3.37. The van der Waals surface area contributed by atoms with Crippen molar-refractivity contribution < 1.29 is 4.74 Å². The van der Waals surface area contributed by atoms with E-state index >= 15 is 0 Å². The molecule has 0 fully saturated rings. The molecule has 0 amide bonds. The van der Waals surface area contributed by atoms with Gasteiger partial charge in [0.1, 0.15) is 11.9 Å². The lowest BCUT2D eigenvalue weighted by atomic mass is 9.89. The van der Waals surface area contributed by atoms with Crippen molar-refractivity contribution in [2.24, 2.45) is 0 Å². The summed E-state index contributed by atoms with van der Waals surface area (Å²) < 4.78 is 6.60. The third-order valence-electron chi connectivity index (χ3n) is 8.86. The number of anilines is 2. The van der Waals surface area contributed by atoms with Gasteiger partial charge in [-0.3, -0.25) is 4.98 Å². The predicted octanol–water partition coefficient (Wildman–Crippen LogP) is 9.69. The van der Waals surface area contributed by atoms with Crippen molar-refractivity contribution >= 4 is 22.1 Å². The summed E-state index contributed by atoms with van der Waals surface area (Å²) in [5.74, 6) is 1.13. The molecule has 3 nitrogen and oxygen atoms in total. The van der Waals surface area contributed by atoms with Gasteiger partial charge < -0.3 is 9.64 Å². The van der Waals surface area contributed by atoms with Gasteiger partial charge in [-0.1, -0.05) is 97.1 Å². The monoisotopic (exact) mass is 538 g/mol. The van der Waals surface area contributed by atoms with Crippen LogP contribution in [-0.2, 0) is 0 Å². The van der Waals surface area contributed by atoms with Crippen molar-refractivity contribution in [2.75, 3.05) is 4.90 Å². The van der Waals surface area contributed by atoms with Crippen LogP contribution in [0.5, 0.6) is 5.75 Å². The SMILES string of the molecule is C1=CC2c3ccccc3OC2C(N(c2cccnc2)c2cccc(-c3ccc4c5c(cccc35)-c3ccccc3-4)c2)=C1. The van der Waals surface area contributed by atoms with Gasteiger partial charge in [-0.15, -0.1) is 0 Å². The minimum absolute atomic E-state index is 0.119. The van der Waals surface area contributed by atoms with E-state index in [0.717, 1.165) is 22.8 Å². The van der Waals surface area contributed by atoms with E-state index in [9.17, 15) is 0 Å². The highest BCUT2D eigenvalue weighted by Crippen LogP contribution is 2.50. The predicted molar refractivity (Wildman–Crippen MR) is 171 cm³/mol. The van der Waals surface area contributed by atoms with Crippen molar-refractivity contribution in [2.45, 2.75) is 12.0 Å². The first-order valence-corrected chi connectivity index (χ1v) is 14.5. The number of benzene rings is 5. The molecule has 6 aromatic rings. The molecular formula is C39H26N2O. The number of para-hydroxylation sites is 1. The van der Waals surface area contributed by atoms with Crippen LogP contribution in [-0.4, -0.2) is 11.1 Å². The smallest absolute Gasteiger partial charge is 0.149 e. The Labute approximate surface area is 244 Å². The minimum atomic E-state index is -0.119. The van der Waals surface area contributed by atoms with Crippen LogP contribution >= 0.6 is 0 Å². The zero-order valence-electron chi connectivity index (χ0n) is 22.8. The maximum atomic E-state index is 6.60. The zero-order chi connectivity index (χ0) is 27.6.